The van der Waals surface area contributed by atoms with Gasteiger partial charge in [-0.2, -0.15) is 0 Å². The molecule has 4 nitrogen and oxygen atoms in total. The average Bonchev–Trinajstić information content (AvgIpc) is 2.84. The third kappa shape index (κ3) is 5.38. The van der Waals surface area contributed by atoms with Crippen LogP contribution in [0.5, 0.6) is 0 Å². The van der Waals surface area contributed by atoms with Crippen LogP contribution in [0, 0.1) is 0 Å². The zero-order valence-corrected chi connectivity index (χ0v) is 14.2. The van der Waals surface area contributed by atoms with Gasteiger partial charge in [-0.05, 0) is 26.3 Å². The maximum atomic E-state index is 5.18. The third-order valence-electron chi connectivity index (χ3n) is 3.18. The fourth-order valence-corrected chi connectivity index (χ4v) is 3.21. The van der Waals surface area contributed by atoms with E-state index in [0.29, 0.717) is 0 Å². The molecular weight excluding hydrogens is 270 g/mol. The highest BCUT2D eigenvalue weighted by molar-refractivity contribution is 7.15. The fraction of sp³-hybridized carbons (Fsp3) is 0.800. The van der Waals surface area contributed by atoms with Crippen molar-refractivity contribution in [2.75, 3.05) is 38.3 Å². The Hall–Kier alpha value is -0.650. The van der Waals surface area contributed by atoms with Crippen LogP contribution in [-0.4, -0.2) is 38.3 Å². The van der Waals surface area contributed by atoms with Crippen LogP contribution in [0.1, 0.15) is 44.2 Å². The summed E-state index contributed by atoms with van der Waals surface area (Å²) in [5, 5.41) is 4.63. The van der Waals surface area contributed by atoms with E-state index in [-0.39, 0.29) is 0 Å². The summed E-state index contributed by atoms with van der Waals surface area (Å²) in [6.45, 7) is 11.2. The van der Waals surface area contributed by atoms with E-state index in [1.165, 1.54) is 17.0 Å². The zero-order valence-electron chi connectivity index (χ0n) is 13.4. The van der Waals surface area contributed by atoms with E-state index < -0.39 is 0 Å². The highest BCUT2D eigenvalue weighted by Crippen LogP contribution is 2.27. The van der Waals surface area contributed by atoms with Gasteiger partial charge in [0, 0.05) is 31.6 Å². The van der Waals surface area contributed by atoms with Gasteiger partial charge in [-0.15, -0.1) is 11.3 Å². The second kappa shape index (κ2) is 10.1. The predicted octanol–water partition coefficient (Wildman–Crippen LogP) is 3.07. The first kappa shape index (κ1) is 17.4. The molecule has 0 atom stereocenters. The number of aromatic nitrogens is 1. The Morgan fingerprint density at radius 1 is 1.25 bits per heavy atom. The molecular formula is C15H29N3OS. The number of rotatable bonds is 11. The summed E-state index contributed by atoms with van der Waals surface area (Å²) in [6, 6.07) is 0. The standard InChI is InChI=1S/C15H29N3OS/c1-5-8-13-14(12-16-9-6-2)20-15(17-13)18(7-3)10-11-19-4/h16H,5-12H2,1-4H3. The smallest absolute Gasteiger partial charge is 0.185 e. The summed E-state index contributed by atoms with van der Waals surface area (Å²) >= 11 is 1.83. The third-order valence-corrected chi connectivity index (χ3v) is 4.34. The first-order valence-corrected chi connectivity index (χ1v) is 8.51. The molecule has 1 heterocycles. The van der Waals surface area contributed by atoms with E-state index in [0.717, 1.165) is 50.8 Å². The molecule has 0 aliphatic carbocycles. The number of hydrogen-bond acceptors (Lipinski definition) is 5. The number of hydrogen-bond donors (Lipinski definition) is 1. The molecule has 1 aromatic heterocycles. The largest absolute Gasteiger partial charge is 0.383 e. The number of anilines is 1. The SMILES string of the molecule is CCCNCc1sc(N(CC)CCOC)nc1CCC. The van der Waals surface area contributed by atoms with Crippen LogP contribution in [0.2, 0.25) is 0 Å². The molecule has 5 heteroatoms. The second-order valence-electron chi connectivity index (χ2n) is 4.87. The Kier molecular flexibility index (Phi) is 8.82. The molecule has 116 valence electrons. The lowest BCUT2D eigenvalue weighted by Crippen LogP contribution is -2.26. The van der Waals surface area contributed by atoms with Crippen LogP contribution in [-0.2, 0) is 17.7 Å². The second-order valence-corrected chi connectivity index (χ2v) is 5.93. The van der Waals surface area contributed by atoms with Crippen molar-refractivity contribution in [3.8, 4) is 0 Å². The molecule has 0 saturated carbocycles. The monoisotopic (exact) mass is 299 g/mol. The topological polar surface area (TPSA) is 37.4 Å². The van der Waals surface area contributed by atoms with E-state index >= 15 is 0 Å². The van der Waals surface area contributed by atoms with Gasteiger partial charge in [0.05, 0.1) is 12.3 Å². The molecule has 1 aromatic rings. The summed E-state index contributed by atoms with van der Waals surface area (Å²) in [4.78, 5) is 8.55. The fourth-order valence-electron chi connectivity index (χ4n) is 2.04. The number of nitrogens with one attached hydrogen (secondary N) is 1. The molecule has 0 fully saturated rings. The number of nitrogens with zero attached hydrogens (tertiary/aromatic N) is 2. The molecule has 20 heavy (non-hydrogen) atoms. The number of ether oxygens (including phenoxy) is 1. The minimum Gasteiger partial charge on any atom is -0.383 e. The Bertz CT molecular complexity index is 368. The minimum absolute atomic E-state index is 0.750. The van der Waals surface area contributed by atoms with Gasteiger partial charge in [-0.25, -0.2) is 4.98 Å². The zero-order chi connectivity index (χ0) is 14.8. The van der Waals surface area contributed by atoms with Crippen molar-refractivity contribution in [1.29, 1.82) is 0 Å². The summed E-state index contributed by atoms with van der Waals surface area (Å²) in [5.74, 6) is 0. The van der Waals surface area contributed by atoms with Crippen molar-refractivity contribution in [2.45, 2.75) is 46.6 Å². The minimum atomic E-state index is 0.750. The Morgan fingerprint density at radius 3 is 2.65 bits per heavy atom. The van der Waals surface area contributed by atoms with Crippen molar-refractivity contribution >= 4 is 16.5 Å². The first-order chi connectivity index (χ1) is 9.76. The molecule has 0 aromatic carbocycles. The van der Waals surface area contributed by atoms with E-state index in [4.69, 9.17) is 9.72 Å². The first-order valence-electron chi connectivity index (χ1n) is 7.69. The van der Waals surface area contributed by atoms with Crippen molar-refractivity contribution in [3.05, 3.63) is 10.6 Å². The van der Waals surface area contributed by atoms with Gasteiger partial charge in [-0.1, -0.05) is 20.3 Å². The highest BCUT2D eigenvalue weighted by atomic mass is 32.1. The van der Waals surface area contributed by atoms with E-state index in [1.807, 2.05) is 11.3 Å². The lowest BCUT2D eigenvalue weighted by atomic mass is 10.2. The molecule has 0 unspecified atom stereocenters. The maximum Gasteiger partial charge on any atom is 0.185 e. The molecule has 0 saturated heterocycles. The van der Waals surface area contributed by atoms with Crippen LogP contribution in [0.4, 0.5) is 5.13 Å². The number of aryl methyl sites for hydroxylation is 1. The van der Waals surface area contributed by atoms with Crippen molar-refractivity contribution in [1.82, 2.24) is 10.3 Å². The lowest BCUT2D eigenvalue weighted by molar-refractivity contribution is 0.205. The van der Waals surface area contributed by atoms with Gasteiger partial charge in [0.25, 0.3) is 0 Å². The normalized spacial score (nSPS) is 11.0. The Balaban J connectivity index is 2.77. The van der Waals surface area contributed by atoms with Crippen molar-refractivity contribution in [2.24, 2.45) is 0 Å². The van der Waals surface area contributed by atoms with Crippen LogP contribution in [0.15, 0.2) is 0 Å². The Morgan fingerprint density at radius 2 is 2.05 bits per heavy atom. The Labute approximate surface area is 127 Å². The molecule has 0 aliphatic heterocycles. The quantitative estimate of drug-likeness (QED) is 0.637. The molecule has 0 aliphatic rings. The molecule has 0 bridgehead atoms. The van der Waals surface area contributed by atoms with Gasteiger partial charge in [0.2, 0.25) is 0 Å². The van der Waals surface area contributed by atoms with E-state index in [1.54, 1.807) is 7.11 Å². The van der Waals surface area contributed by atoms with Crippen molar-refractivity contribution < 1.29 is 4.74 Å². The summed E-state index contributed by atoms with van der Waals surface area (Å²) in [7, 11) is 1.75. The number of thiazole rings is 1. The molecule has 0 spiro atoms. The van der Waals surface area contributed by atoms with Crippen LogP contribution >= 0.6 is 11.3 Å². The summed E-state index contributed by atoms with van der Waals surface area (Å²) < 4.78 is 5.18. The van der Waals surface area contributed by atoms with Gasteiger partial charge in [0.1, 0.15) is 0 Å². The van der Waals surface area contributed by atoms with Crippen molar-refractivity contribution in [3.63, 3.8) is 0 Å². The summed E-state index contributed by atoms with van der Waals surface area (Å²) in [6.07, 6.45) is 3.39. The predicted molar refractivity (Wildman–Crippen MR) is 87.9 cm³/mol. The van der Waals surface area contributed by atoms with Crippen LogP contribution in [0.3, 0.4) is 0 Å². The number of likely N-dealkylation sites (N-methyl/N-ethyl adjacent to an activating group) is 1. The average molecular weight is 299 g/mol. The van der Waals surface area contributed by atoms with Crippen LogP contribution < -0.4 is 10.2 Å². The number of methoxy groups -OCH3 is 1. The highest BCUT2D eigenvalue weighted by Gasteiger charge is 2.14. The molecule has 1 rings (SSSR count). The van der Waals surface area contributed by atoms with E-state index in [2.05, 4.69) is 31.0 Å². The van der Waals surface area contributed by atoms with Gasteiger partial charge >= 0.3 is 0 Å². The molecule has 1 N–H and O–H groups in total. The van der Waals surface area contributed by atoms with Gasteiger partial charge in [0.15, 0.2) is 5.13 Å². The lowest BCUT2D eigenvalue weighted by Gasteiger charge is -2.18. The van der Waals surface area contributed by atoms with Crippen LogP contribution in [0.25, 0.3) is 0 Å². The molecule has 0 amide bonds. The van der Waals surface area contributed by atoms with Gasteiger partial charge < -0.3 is 15.0 Å². The maximum absolute atomic E-state index is 5.18. The summed E-state index contributed by atoms with van der Waals surface area (Å²) in [5.41, 5.74) is 1.27. The van der Waals surface area contributed by atoms with Gasteiger partial charge in [-0.3, -0.25) is 0 Å². The molecule has 0 radical (unpaired) electrons. The van der Waals surface area contributed by atoms with E-state index in [9.17, 15) is 0 Å².